The van der Waals surface area contributed by atoms with E-state index in [-0.39, 0.29) is 24.4 Å². The second-order valence-electron chi connectivity index (χ2n) is 5.68. The smallest absolute Gasteiger partial charge is 0.258 e. The summed E-state index contributed by atoms with van der Waals surface area (Å²) in [5.41, 5.74) is 0.498. The zero-order chi connectivity index (χ0) is 17.1. The average Bonchev–Trinajstić information content (AvgIpc) is 3.06. The highest BCUT2D eigenvalue weighted by molar-refractivity contribution is 5.97. The van der Waals surface area contributed by atoms with Crippen LogP contribution in [0.1, 0.15) is 22.2 Å². The summed E-state index contributed by atoms with van der Waals surface area (Å²) in [5.74, 6) is 1.94. The van der Waals surface area contributed by atoms with E-state index in [0.29, 0.717) is 30.2 Å². The number of halogens is 1. The lowest BCUT2D eigenvalue weighted by Crippen LogP contribution is -2.49. The van der Waals surface area contributed by atoms with E-state index in [1.54, 1.807) is 38.6 Å². The first-order valence-corrected chi connectivity index (χ1v) is 7.86. The van der Waals surface area contributed by atoms with Gasteiger partial charge < -0.3 is 24.3 Å². The van der Waals surface area contributed by atoms with Crippen molar-refractivity contribution in [2.75, 3.05) is 33.9 Å². The number of aryl methyl sites for hydroxylation is 1. The van der Waals surface area contributed by atoms with Gasteiger partial charge in [-0.1, -0.05) is 0 Å². The number of carbonyl (C=O) groups is 1. The maximum absolute atomic E-state index is 13.2. The number of aromatic nitrogens is 2. The number of ether oxygens (including phenoxy) is 2. The zero-order valence-electron chi connectivity index (χ0n) is 14.6. The second kappa shape index (κ2) is 8.22. The molecule has 1 saturated heterocycles. The summed E-state index contributed by atoms with van der Waals surface area (Å²) in [6.07, 6.45) is 3.64. The predicted octanol–water partition coefficient (Wildman–Crippen LogP) is 1.65. The fraction of sp³-hybridized carbons (Fsp3) is 0.412. The number of imidazole rings is 1. The number of rotatable bonds is 4. The Morgan fingerprint density at radius 1 is 1.32 bits per heavy atom. The molecule has 0 saturated carbocycles. The van der Waals surface area contributed by atoms with Crippen molar-refractivity contribution in [3.8, 4) is 11.5 Å². The second-order valence-corrected chi connectivity index (χ2v) is 5.68. The van der Waals surface area contributed by atoms with Crippen LogP contribution >= 0.6 is 12.4 Å². The number of hydrogen-bond donors (Lipinski definition) is 1. The van der Waals surface area contributed by atoms with Gasteiger partial charge in [0.1, 0.15) is 23.4 Å². The van der Waals surface area contributed by atoms with Crippen LogP contribution in [0.25, 0.3) is 0 Å². The molecule has 1 aliphatic heterocycles. The minimum absolute atomic E-state index is 0. The van der Waals surface area contributed by atoms with Gasteiger partial charge >= 0.3 is 0 Å². The van der Waals surface area contributed by atoms with Crippen molar-refractivity contribution in [2.45, 2.75) is 6.04 Å². The van der Waals surface area contributed by atoms with Gasteiger partial charge in [-0.2, -0.15) is 0 Å². The lowest BCUT2D eigenvalue weighted by atomic mass is 10.1. The Kier molecular flexibility index (Phi) is 6.27. The maximum Gasteiger partial charge on any atom is 0.258 e. The van der Waals surface area contributed by atoms with Crippen LogP contribution in [-0.2, 0) is 7.05 Å². The molecule has 25 heavy (non-hydrogen) atoms. The van der Waals surface area contributed by atoms with Crippen LogP contribution in [0.5, 0.6) is 11.5 Å². The fourth-order valence-corrected chi connectivity index (χ4v) is 3.01. The van der Waals surface area contributed by atoms with Crippen molar-refractivity contribution in [2.24, 2.45) is 7.05 Å². The first kappa shape index (κ1) is 19.1. The topological polar surface area (TPSA) is 68.6 Å². The number of amides is 1. The van der Waals surface area contributed by atoms with E-state index < -0.39 is 0 Å². The van der Waals surface area contributed by atoms with Crippen molar-refractivity contribution in [3.05, 3.63) is 42.0 Å². The average molecular weight is 367 g/mol. The van der Waals surface area contributed by atoms with Gasteiger partial charge in [-0.15, -0.1) is 12.4 Å². The maximum atomic E-state index is 13.2. The molecule has 1 aromatic heterocycles. The lowest BCUT2D eigenvalue weighted by Gasteiger charge is -2.36. The highest BCUT2D eigenvalue weighted by atomic mass is 35.5. The van der Waals surface area contributed by atoms with Gasteiger partial charge in [0.05, 0.1) is 19.8 Å². The molecular weight excluding hydrogens is 344 g/mol. The Balaban J connectivity index is 0.00000225. The van der Waals surface area contributed by atoms with Crippen LogP contribution < -0.4 is 14.8 Å². The quantitative estimate of drug-likeness (QED) is 0.891. The van der Waals surface area contributed by atoms with E-state index in [9.17, 15) is 4.79 Å². The van der Waals surface area contributed by atoms with Crippen molar-refractivity contribution in [1.82, 2.24) is 19.8 Å². The van der Waals surface area contributed by atoms with Crippen LogP contribution in [0.2, 0.25) is 0 Å². The first-order chi connectivity index (χ1) is 11.7. The van der Waals surface area contributed by atoms with Crippen molar-refractivity contribution >= 4 is 18.3 Å². The van der Waals surface area contributed by atoms with Crippen LogP contribution in [-0.4, -0.2) is 54.2 Å². The van der Waals surface area contributed by atoms with E-state index in [4.69, 9.17) is 9.47 Å². The molecule has 2 aromatic rings. The Labute approximate surface area is 153 Å². The molecular formula is C17H23ClN4O3. The van der Waals surface area contributed by atoms with E-state index in [2.05, 4.69) is 10.3 Å². The third-order valence-electron chi connectivity index (χ3n) is 4.30. The standard InChI is InChI=1S/C17H22N4O3.ClH/c1-20-8-7-19-16(20)14-11-18-6-9-21(14)17(22)13-10-12(23-2)4-5-15(13)24-3;/h4-5,7-8,10,14,18H,6,9,11H2,1-3H3;1H. The first-order valence-electron chi connectivity index (χ1n) is 7.86. The number of methoxy groups -OCH3 is 2. The lowest BCUT2D eigenvalue weighted by molar-refractivity contribution is 0.0617. The molecule has 0 radical (unpaired) electrons. The molecule has 0 spiro atoms. The third kappa shape index (κ3) is 3.72. The van der Waals surface area contributed by atoms with Gasteiger partial charge in [0.15, 0.2) is 0 Å². The van der Waals surface area contributed by atoms with Crippen LogP contribution in [0.4, 0.5) is 0 Å². The molecule has 1 aromatic carbocycles. The van der Waals surface area contributed by atoms with Crippen LogP contribution in [0.3, 0.4) is 0 Å². The number of benzene rings is 1. The molecule has 1 amide bonds. The van der Waals surface area contributed by atoms with Gasteiger partial charge in [-0.25, -0.2) is 4.98 Å². The van der Waals surface area contributed by atoms with E-state index in [0.717, 1.165) is 12.4 Å². The van der Waals surface area contributed by atoms with Crippen LogP contribution in [0.15, 0.2) is 30.6 Å². The number of nitrogens with zero attached hydrogens (tertiary/aromatic N) is 3. The molecule has 136 valence electrons. The Morgan fingerprint density at radius 3 is 2.76 bits per heavy atom. The Morgan fingerprint density at radius 2 is 2.12 bits per heavy atom. The molecule has 1 aliphatic rings. The van der Waals surface area contributed by atoms with Gasteiger partial charge in [-0.05, 0) is 18.2 Å². The number of nitrogens with one attached hydrogen (secondary N) is 1. The summed E-state index contributed by atoms with van der Waals surface area (Å²) in [7, 11) is 5.08. The molecule has 7 nitrogen and oxygen atoms in total. The van der Waals surface area contributed by atoms with Crippen molar-refractivity contribution < 1.29 is 14.3 Å². The van der Waals surface area contributed by atoms with E-state index in [1.165, 1.54) is 0 Å². The monoisotopic (exact) mass is 366 g/mol. The highest BCUT2D eigenvalue weighted by Gasteiger charge is 2.32. The van der Waals surface area contributed by atoms with E-state index >= 15 is 0 Å². The molecule has 8 heteroatoms. The van der Waals surface area contributed by atoms with Crippen LogP contribution in [0, 0.1) is 0 Å². The van der Waals surface area contributed by atoms with Crippen molar-refractivity contribution in [3.63, 3.8) is 0 Å². The Hall–Kier alpha value is -2.25. The highest BCUT2D eigenvalue weighted by Crippen LogP contribution is 2.29. The summed E-state index contributed by atoms with van der Waals surface area (Å²) in [5, 5.41) is 3.33. The largest absolute Gasteiger partial charge is 0.497 e. The molecule has 0 aliphatic carbocycles. The van der Waals surface area contributed by atoms with Gasteiger partial charge in [-0.3, -0.25) is 4.79 Å². The number of carbonyl (C=O) groups excluding carboxylic acids is 1. The van der Waals surface area contributed by atoms with Crippen molar-refractivity contribution in [1.29, 1.82) is 0 Å². The molecule has 1 N–H and O–H groups in total. The van der Waals surface area contributed by atoms with Gasteiger partial charge in [0, 0.05) is 39.1 Å². The predicted molar refractivity (Wildman–Crippen MR) is 96.6 cm³/mol. The summed E-state index contributed by atoms with van der Waals surface area (Å²) in [4.78, 5) is 19.4. The molecule has 1 atom stereocenters. The molecule has 0 bridgehead atoms. The van der Waals surface area contributed by atoms with Gasteiger partial charge in [0.2, 0.25) is 0 Å². The zero-order valence-corrected chi connectivity index (χ0v) is 15.4. The molecule has 3 rings (SSSR count). The van der Waals surface area contributed by atoms with E-state index in [1.807, 2.05) is 22.7 Å². The molecule has 1 fully saturated rings. The Bertz CT molecular complexity index is 734. The molecule has 2 heterocycles. The minimum Gasteiger partial charge on any atom is -0.497 e. The fourth-order valence-electron chi connectivity index (χ4n) is 3.01. The number of piperazine rings is 1. The minimum atomic E-state index is -0.123. The summed E-state index contributed by atoms with van der Waals surface area (Å²) in [6.45, 7) is 2.03. The van der Waals surface area contributed by atoms with Gasteiger partial charge in [0.25, 0.3) is 5.91 Å². The normalized spacial score (nSPS) is 16.9. The summed E-state index contributed by atoms with van der Waals surface area (Å²) >= 11 is 0. The number of hydrogen-bond acceptors (Lipinski definition) is 5. The third-order valence-corrected chi connectivity index (χ3v) is 4.30. The molecule has 1 unspecified atom stereocenters. The SMILES string of the molecule is COc1ccc(OC)c(C(=O)N2CCNCC2c2nccn2C)c1.Cl. The summed E-state index contributed by atoms with van der Waals surface area (Å²) in [6, 6.07) is 5.13. The summed E-state index contributed by atoms with van der Waals surface area (Å²) < 4.78 is 12.6.